The fraction of sp³-hybridized carbons (Fsp3) is 0. The first kappa shape index (κ1) is 5.70. The molecule has 0 saturated carbocycles. The summed E-state index contributed by atoms with van der Waals surface area (Å²) in [5, 5.41) is 6.86. The molecule has 8 radical (unpaired) electrons. The van der Waals surface area contributed by atoms with Gasteiger partial charge in [0.05, 0.1) is 36.1 Å². The number of benzene rings is 1. The largest absolute Gasteiger partial charge is 0.0709 e. The minimum Gasteiger partial charge on any atom is -0.0705 e. The summed E-state index contributed by atoms with van der Waals surface area (Å²) in [7, 11) is 4.66. The molecule has 0 atom stereocenters. The number of rotatable bonds is 0. The molecule has 0 spiro atoms. The molecule has 2 heterocycles. The van der Waals surface area contributed by atoms with Crippen LogP contribution < -0.4 is 20.7 Å². The molecular formula is C6H2Si4. The number of fused-ring (bicyclic) bond motifs is 3. The summed E-state index contributed by atoms with van der Waals surface area (Å²) in [5.74, 6) is 0. The highest BCUT2D eigenvalue weighted by molar-refractivity contribution is 7.29. The lowest BCUT2D eigenvalue weighted by molar-refractivity contribution is 1.92. The molecule has 1 aromatic rings. The van der Waals surface area contributed by atoms with Gasteiger partial charge in [0.25, 0.3) is 0 Å². The third-order valence-electron chi connectivity index (χ3n) is 1.85. The zero-order valence-electron chi connectivity index (χ0n) is 5.15. The van der Waals surface area contributed by atoms with Crippen LogP contribution in [-0.4, -0.2) is 36.1 Å². The first-order valence-corrected chi connectivity index (χ1v) is 9.16. The van der Waals surface area contributed by atoms with Crippen molar-refractivity contribution in [2.24, 2.45) is 0 Å². The van der Waals surface area contributed by atoms with Gasteiger partial charge in [-0.2, -0.15) is 0 Å². The van der Waals surface area contributed by atoms with Crippen molar-refractivity contribution in [2.45, 2.75) is 0 Å². The van der Waals surface area contributed by atoms with E-state index in [4.69, 9.17) is 0 Å². The van der Waals surface area contributed by atoms with Crippen molar-refractivity contribution in [3.63, 3.8) is 0 Å². The van der Waals surface area contributed by atoms with Crippen molar-refractivity contribution in [1.82, 2.24) is 0 Å². The molecule has 0 aromatic heterocycles. The van der Waals surface area contributed by atoms with Gasteiger partial charge in [0.15, 0.2) is 0 Å². The molecule has 0 aliphatic carbocycles. The van der Waals surface area contributed by atoms with E-state index >= 15 is 0 Å². The van der Waals surface area contributed by atoms with Crippen LogP contribution in [0.3, 0.4) is 0 Å². The molecule has 4 heteroatoms. The molecule has 1 aromatic carbocycles. The van der Waals surface area contributed by atoms with E-state index in [0.717, 1.165) is 18.1 Å². The molecule has 10 heavy (non-hydrogen) atoms. The van der Waals surface area contributed by atoms with E-state index in [1.807, 2.05) is 0 Å². The van der Waals surface area contributed by atoms with Gasteiger partial charge in [0.2, 0.25) is 0 Å². The van der Waals surface area contributed by atoms with Gasteiger partial charge >= 0.3 is 0 Å². The second-order valence-corrected chi connectivity index (χ2v) is 8.49. The number of hydrogen-bond acceptors (Lipinski definition) is 0. The van der Waals surface area contributed by atoms with Crippen LogP contribution in [-0.2, 0) is 0 Å². The Morgan fingerprint density at radius 1 is 0.700 bits per heavy atom. The van der Waals surface area contributed by atoms with Crippen LogP contribution in [0.1, 0.15) is 0 Å². The van der Waals surface area contributed by atoms with Crippen molar-refractivity contribution in [2.75, 3.05) is 0 Å². The van der Waals surface area contributed by atoms with E-state index in [1.165, 1.54) is 18.1 Å². The zero-order chi connectivity index (χ0) is 6.55. The van der Waals surface area contributed by atoms with E-state index in [0.29, 0.717) is 0 Å². The van der Waals surface area contributed by atoms with Gasteiger partial charge in [-0.1, -0.05) is 32.9 Å². The smallest absolute Gasteiger partial charge is 0.0705 e. The summed E-state index contributed by atoms with van der Waals surface area (Å²) < 4.78 is 0. The topological polar surface area (TPSA) is 0 Å². The van der Waals surface area contributed by atoms with Crippen LogP contribution in [0, 0.1) is 0 Å². The maximum atomic E-state index is 2.35. The van der Waals surface area contributed by atoms with Crippen LogP contribution >= 0.6 is 0 Å². The highest BCUT2D eigenvalue weighted by Gasteiger charge is 2.25. The summed E-state index contributed by atoms with van der Waals surface area (Å²) >= 11 is 0. The maximum absolute atomic E-state index is 2.35. The van der Waals surface area contributed by atoms with E-state index < -0.39 is 0 Å². The Balaban J connectivity index is 2.34. The normalized spacial score (nSPS) is 18.4. The Labute approximate surface area is 69.3 Å². The third kappa shape index (κ3) is 0.554. The zero-order valence-corrected chi connectivity index (χ0v) is 9.15. The second-order valence-electron chi connectivity index (χ2n) is 2.41. The molecule has 0 unspecified atom stereocenters. The minimum absolute atomic E-state index is 1.15. The van der Waals surface area contributed by atoms with E-state index in [2.05, 4.69) is 12.1 Å². The van der Waals surface area contributed by atoms with Crippen LogP contribution in [0.2, 0.25) is 0 Å². The van der Waals surface area contributed by atoms with Gasteiger partial charge in [-0.3, -0.25) is 0 Å². The number of hydrogen-bond donors (Lipinski definition) is 0. The summed E-state index contributed by atoms with van der Waals surface area (Å²) in [6.07, 6.45) is 0. The van der Waals surface area contributed by atoms with Gasteiger partial charge in [-0.25, -0.2) is 0 Å². The molecule has 0 N–H and O–H groups in total. The van der Waals surface area contributed by atoms with Crippen molar-refractivity contribution in [3.05, 3.63) is 12.1 Å². The van der Waals surface area contributed by atoms with Gasteiger partial charge in [-0.05, 0) is 0 Å². The van der Waals surface area contributed by atoms with Gasteiger partial charge in [0, 0.05) is 0 Å². The maximum Gasteiger partial charge on any atom is 0.0709 e. The third-order valence-corrected chi connectivity index (χ3v) is 9.63. The van der Waals surface area contributed by atoms with E-state index in [-0.39, 0.29) is 0 Å². The Bertz CT molecular complexity index is 276. The molecule has 2 aliphatic rings. The van der Waals surface area contributed by atoms with Gasteiger partial charge in [0.1, 0.15) is 0 Å². The molecule has 42 valence electrons. The second kappa shape index (κ2) is 1.82. The predicted molar refractivity (Wildman–Crippen MR) is 48.0 cm³/mol. The Kier molecular flexibility index (Phi) is 1.04. The fourth-order valence-corrected chi connectivity index (χ4v) is 8.25. The Morgan fingerprint density at radius 2 is 1.20 bits per heavy atom. The lowest BCUT2D eigenvalue weighted by atomic mass is 10.3. The molecule has 0 fully saturated rings. The molecule has 0 amide bonds. The van der Waals surface area contributed by atoms with Crippen LogP contribution in [0.15, 0.2) is 12.1 Å². The quantitative estimate of drug-likeness (QED) is 0.376. The first-order valence-electron chi connectivity index (χ1n) is 3.16. The lowest BCUT2D eigenvalue weighted by Gasteiger charge is -2.28. The van der Waals surface area contributed by atoms with Crippen LogP contribution in [0.5, 0.6) is 0 Å². The molecular weight excluding hydrogens is 184 g/mol. The first-order chi connectivity index (χ1) is 4.95. The van der Waals surface area contributed by atoms with E-state index in [1.54, 1.807) is 20.7 Å². The summed E-state index contributed by atoms with van der Waals surface area (Å²) in [6, 6.07) is 4.69. The lowest BCUT2D eigenvalue weighted by Crippen LogP contribution is -2.71. The standard InChI is InChI=1S/C6H2Si4/c1-2-4-6(10-8-4)5-3(1)7-9-5/h1-2H. The highest BCUT2D eigenvalue weighted by atomic mass is 29.2. The molecule has 2 aliphatic heterocycles. The summed E-state index contributed by atoms with van der Waals surface area (Å²) in [6.45, 7) is 0. The SMILES string of the molecule is c1cc2c(c3c1[Si][Si]3)[Si][Si]2. The molecule has 0 bridgehead atoms. The summed E-state index contributed by atoms with van der Waals surface area (Å²) in [5.41, 5.74) is 0. The highest BCUT2D eigenvalue weighted by Crippen LogP contribution is 1.87. The molecule has 0 saturated heterocycles. The Hall–Kier alpha value is 0.0875. The van der Waals surface area contributed by atoms with Crippen molar-refractivity contribution in [1.29, 1.82) is 0 Å². The van der Waals surface area contributed by atoms with Crippen LogP contribution in [0.4, 0.5) is 0 Å². The minimum atomic E-state index is 1.15. The molecule has 0 nitrogen and oxygen atoms in total. The predicted octanol–water partition coefficient (Wildman–Crippen LogP) is -3.14. The van der Waals surface area contributed by atoms with Crippen molar-refractivity contribution < 1.29 is 0 Å². The van der Waals surface area contributed by atoms with Crippen molar-refractivity contribution >= 4 is 56.9 Å². The molecule has 3 rings (SSSR count). The average Bonchev–Trinajstić information content (AvgIpc) is 1.84. The fourth-order valence-electron chi connectivity index (χ4n) is 1.21. The van der Waals surface area contributed by atoms with Crippen molar-refractivity contribution in [3.8, 4) is 0 Å². The van der Waals surface area contributed by atoms with Gasteiger partial charge in [-0.15, -0.1) is 0 Å². The van der Waals surface area contributed by atoms with Crippen LogP contribution in [0.25, 0.3) is 0 Å². The monoisotopic (exact) mass is 186 g/mol. The summed E-state index contributed by atoms with van der Waals surface area (Å²) in [4.78, 5) is 0. The average molecular weight is 186 g/mol. The Morgan fingerprint density at radius 3 is 1.50 bits per heavy atom. The van der Waals surface area contributed by atoms with E-state index in [9.17, 15) is 0 Å². The van der Waals surface area contributed by atoms with Gasteiger partial charge < -0.3 is 0 Å².